The van der Waals surface area contributed by atoms with E-state index in [0.717, 1.165) is 11.3 Å². The van der Waals surface area contributed by atoms with Crippen LogP contribution >= 0.6 is 0 Å². The van der Waals surface area contributed by atoms with Crippen molar-refractivity contribution in [1.29, 1.82) is 0 Å². The molecular formula is C14H23NO2. The highest BCUT2D eigenvalue weighted by molar-refractivity contribution is 5.30. The maximum absolute atomic E-state index is 10.3. The van der Waals surface area contributed by atoms with Gasteiger partial charge >= 0.3 is 0 Å². The van der Waals surface area contributed by atoms with Crippen molar-refractivity contribution in [2.75, 3.05) is 6.54 Å². The van der Waals surface area contributed by atoms with Gasteiger partial charge in [0.25, 0.3) is 0 Å². The molecule has 0 aliphatic rings. The van der Waals surface area contributed by atoms with Crippen LogP contribution in [0.3, 0.4) is 0 Å². The van der Waals surface area contributed by atoms with Gasteiger partial charge in [0.05, 0.1) is 12.2 Å². The van der Waals surface area contributed by atoms with Crippen LogP contribution in [-0.2, 0) is 0 Å². The quantitative estimate of drug-likeness (QED) is 0.827. The number of rotatable bonds is 5. The lowest BCUT2D eigenvalue weighted by molar-refractivity contribution is 0.0552. The van der Waals surface area contributed by atoms with Crippen LogP contribution in [0, 0.1) is 5.41 Å². The molecule has 0 fully saturated rings. The molecule has 0 amide bonds. The highest BCUT2D eigenvalue weighted by Gasteiger charge is 2.27. The van der Waals surface area contributed by atoms with Crippen LogP contribution < -0.4 is 10.5 Å². The van der Waals surface area contributed by atoms with Crippen molar-refractivity contribution < 1.29 is 9.84 Å². The van der Waals surface area contributed by atoms with Gasteiger partial charge in [-0.25, -0.2) is 0 Å². The Kier molecular flexibility index (Phi) is 4.54. The number of aliphatic hydroxyl groups excluding tert-OH is 1. The molecule has 0 saturated carbocycles. The van der Waals surface area contributed by atoms with Crippen molar-refractivity contribution in [2.24, 2.45) is 11.1 Å². The third-order valence-corrected chi connectivity index (χ3v) is 2.81. The van der Waals surface area contributed by atoms with Crippen LogP contribution in [-0.4, -0.2) is 17.8 Å². The number of hydrogen-bond acceptors (Lipinski definition) is 3. The Bertz CT molecular complexity index is 361. The molecule has 0 aliphatic carbocycles. The van der Waals surface area contributed by atoms with E-state index in [1.54, 1.807) is 0 Å². The average Bonchev–Trinajstić information content (AvgIpc) is 2.27. The van der Waals surface area contributed by atoms with Crippen molar-refractivity contribution in [3.05, 3.63) is 29.8 Å². The van der Waals surface area contributed by atoms with E-state index < -0.39 is 6.10 Å². The number of benzene rings is 1. The Balaban J connectivity index is 2.91. The molecule has 0 heterocycles. The number of ether oxygens (including phenoxy) is 1. The summed E-state index contributed by atoms with van der Waals surface area (Å²) in [6, 6.07) is 7.56. The zero-order valence-corrected chi connectivity index (χ0v) is 11.1. The van der Waals surface area contributed by atoms with Gasteiger partial charge in [0.15, 0.2) is 0 Å². The van der Waals surface area contributed by atoms with Gasteiger partial charge in [-0.05, 0) is 31.5 Å². The lowest BCUT2D eigenvalue weighted by Crippen LogP contribution is -2.30. The molecule has 1 aromatic rings. The number of nitrogens with two attached hydrogens (primary N) is 1. The molecule has 3 heteroatoms. The Morgan fingerprint density at radius 3 is 2.53 bits per heavy atom. The van der Waals surface area contributed by atoms with Gasteiger partial charge in [-0.2, -0.15) is 0 Å². The van der Waals surface area contributed by atoms with E-state index in [0.29, 0.717) is 6.54 Å². The molecule has 1 unspecified atom stereocenters. The first-order chi connectivity index (χ1) is 7.86. The molecule has 0 bridgehead atoms. The summed E-state index contributed by atoms with van der Waals surface area (Å²) in [5.41, 5.74) is 6.18. The van der Waals surface area contributed by atoms with Gasteiger partial charge in [-0.1, -0.05) is 26.0 Å². The number of hydrogen-bond donors (Lipinski definition) is 2. The van der Waals surface area contributed by atoms with Gasteiger partial charge in [0.2, 0.25) is 0 Å². The Labute approximate surface area is 104 Å². The lowest BCUT2D eigenvalue weighted by atomic mass is 9.83. The normalized spacial score (nSPS) is 13.8. The van der Waals surface area contributed by atoms with Gasteiger partial charge < -0.3 is 15.6 Å². The van der Waals surface area contributed by atoms with Crippen LogP contribution in [0.2, 0.25) is 0 Å². The van der Waals surface area contributed by atoms with Crippen LogP contribution in [0.15, 0.2) is 24.3 Å². The minimum atomic E-state index is -0.580. The van der Waals surface area contributed by atoms with Gasteiger partial charge in [-0.15, -0.1) is 0 Å². The highest BCUT2D eigenvalue weighted by atomic mass is 16.5. The molecule has 1 atom stereocenters. The second kappa shape index (κ2) is 5.52. The molecule has 96 valence electrons. The van der Waals surface area contributed by atoms with Crippen molar-refractivity contribution in [3.63, 3.8) is 0 Å². The summed E-state index contributed by atoms with van der Waals surface area (Å²) in [7, 11) is 0. The molecule has 17 heavy (non-hydrogen) atoms. The molecule has 1 rings (SSSR count). The van der Waals surface area contributed by atoms with Crippen molar-refractivity contribution in [1.82, 2.24) is 0 Å². The highest BCUT2D eigenvalue weighted by Crippen LogP contribution is 2.33. The molecule has 0 radical (unpaired) electrons. The Morgan fingerprint density at radius 2 is 2.00 bits per heavy atom. The maximum Gasteiger partial charge on any atom is 0.120 e. The minimum Gasteiger partial charge on any atom is -0.491 e. The third-order valence-electron chi connectivity index (χ3n) is 2.81. The van der Waals surface area contributed by atoms with E-state index in [4.69, 9.17) is 10.5 Å². The molecule has 0 saturated heterocycles. The topological polar surface area (TPSA) is 55.5 Å². The fraction of sp³-hybridized carbons (Fsp3) is 0.571. The predicted molar refractivity (Wildman–Crippen MR) is 70.0 cm³/mol. The van der Waals surface area contributed by atoms with Gasteiger partial charge in [0.1, 0.15) is 5.75 Å². The fourth-order valence-corrected chi connectivity index (χ4v) is 1.59. The monoisotopic (exact) mass is 237 g/mol. The first kappa shape index (κ1) is 14.0. The van der Waals surface area contributed by atoms with E-state index in [2.05, 4.69) is 0 Å². The molecule has 3 nitrogen and oxygen atoms in total. The first-order valence-electron chi connectivity index (χ1n) is 6.01. The van der Waals surface area contributed by atoms with E-state index in [1.807, 2.05) is 52.0 Å². The summed E-state index contributed by atoms with van der Waals surface area (Å²) in [5.74, 6) is 0.782. The van der Waals surface area contributed by atoms with Crippen LogP contribution in [0.25, 0.3) is 0 Å². The summed E-state index contributed by atoms with van der Waals surface area (Å²) in [6.45, 7) is 8.30. The maximum atomic E-state index is 10.3. The zero-order chi connectivity index (χ0) is 13.1. The smallest absolute Gasteiger partial charge is 0.120 e. The van der Waals surface area contributed by atoms with Crippen LogP contribution in [0.1, 0.15) is 39.4 Å². The first-order valence-corrected chi connectivity index (χ1v) is 6.01. The average molecular weight is 237 g/mol. The number of aliphatic hydroxyl groups is 1. The Hall–Kier alpha value is -1.06. The van der Waals surface area contributed by atoms with E-state index >= 15 is 0 Å². The molecule has 1 aromatic carbocycles. The SMILES string of the molecule is CC(C)Oc1cccc(C(O)C(C)(C)CN)c1. The summed E-state index contributed by atoms with van der Waals surface area (Å²) >= 11 is 0. The summed E-state index contributed by atoms with van der Waals surface area (Å²) in [5, 5.41) is 10.3. The molecule has 3 N–H and O–H groups in total. The second-order valence-electron chi connectivity index (χ2n) is 5.33. The largest absolute Gasteiger partial charge is 0.491 e. The third kappa shape index (κ3) is 3.72. The Morgan fingerprint density at radius 1 is 1.35 bits per heavy atom. The summed E-state index contributed by atoms with van der Waals surface area (Å²) in [4.78, 5) is 0. The fourth-order valence-electron chi connectivity index (χ4n) is 1.59. The van der Waals surface area contributed by atoms with Gasteiger partial charge in [-0.3, -0.25) is 0 Å². The standard InChI is InChI=1S/C14H23NO2/c1-10(2)17-12-7-5-6-11(8-12)13(16)14(3,4)9-15/h5-8,10,13,16H,9,15H2,1-4H3. The summed E-state index contributed by atoms with van der Waals surface area (Å²) in [6.07, 6.45) is -0.451. The van der Waals surface area contributed by atoms with E-state index in [1.165, 1.54) is 0 Å². The summed E-state index contributed by atoms with van der Waals surface area (Å²) < 4.78 is 5.61. The van der Waals surface area contributed by atoms with Crippen molar-refractivity contribution in [3.8, 4) is 5.75 Å². The molecule has 0 spiro atoms. The molecule has 0 aromatic heterocycles. The van der Waals surface area contributed by atoms with Crippen molar-refractivity contribution >= 4 is 0 Å². The predicted octanol–water partition coefficient (Wildman–Crippen LogP) is 2.49. The van der Waals surface area contributed by atoms with Crippen molar-refractivity contribution in [2.45, 2.75) is 39.9 Å². The van der Waals surface area contributed by atoms with E-state index in [9.17, 15) is 5.11 Å². The van der Waals surface area contributed by atoms with Gasteiger partial charge in [0, 0.05) is 12.0 Å². The second-order valence-corrected chi connectivity index (χ2v) is 5.33. The van der Waals surface area contributed by atoms with E-state index in [-0.39, 0.29) is 11.5 Å². The molecular weight excluding hydrogens is 214 g/mol. The lowest BCUT2D eigenvalue weighted by Gasteiger charge is -2.29. The molecule has 0 aliphatic heterocycles. The van der Waals surface area contributed by atoms with Crippen LogP contribution in [0.4, 0.5) is 0 Å². The minimum absolute atomic E-state index is 0.130. The van der Waals surface area contributed by atoms with Crippen LogP contribution in [0.5, 0.6) is 5.75 Å². The zero-order valence-electron chi connectivity index (χ0n) is 11.1.